The van der Waals surface area contributed by atoms with Crippen LogP contribution >= 0.6 is 0 Å². The third-order valence-corrected chi connectivity index (χ3v) is 8.94. The van der Waals surface area contributed by atoms with Crippen molar-refractivity contribution in [1.82, 2.24) is 10.6 Å². The fourth-order valence-corrected chi connectivity index (χ4v) is 6.30. The Morgan fingerprint density at radius 2 is 0.943 bits per heavy atom. The summed E-state index contributed by atoms with van der Waals surface area (Å²) >= 11 is 0. The molecule has 0 aliphatic carbocycles. The van der Waals surface area contributed by atoms with E-state index in [4.69, 9.17) is 33.2 Å². The van der Waals surface area contributed by atoms with Crippen molar-refractivity contribution in [2.24, 2.45) is 0 Å². The van der Waals surface area contributed by atoms with Crippen molar-refractivity contribution in [2.75, 3.05) is 13.2 Å². The monoisotopic (exact) mass is 776 g/mol. The summed E-state index contributed by atoms with van der Waals surface area (Å²) < 4.78 is 38.0. The van der Waals surface area contributed by atoms with Crippen LogP contribution in [0.25, 0.3) is 0 Å². The molecule has 4 rings (SSSR count). The molecule has 2 unspecified atom stereocenters. The number of carbonyl (C=O) groups excluding carboxylic acids is 2. The van der Waals surface area contributed by atoms with E-state index in [0.29, 0.717) is 0 Å². The van der Waals surface area contributed by atoms with E-state index in [1.54, 1.807) is 0 Å². The van der Waals surface area contributed by atoms with Crippen molar-refractivity contribution in [3.63, 3.8) is 0 Å². The molecule has 20 atom stereocenters. The quantitative estimate of drug-likeness (QED) is 0.0875. The van der Waals surface area contributed by atoms with Crippen LogP contribution in [0.3, 0.4) is 0 Å². The summed E-state index contributed by atoms with van der Waals surface area (Å²) in [5, 5.41) is 129. The van der Waals surface area contributed by atoms with E-state index in [9.17, 15) is 80.5 Å². The molecule has 0 bridgehead atoms. The Morgan fingerprint density at radius 1 is 0.509 bits per heavy atom. The van der Waals surface area contributed by atoms with Crippen LogP contribution in [0.2, 0.25) is 0 Å². The Morgan fingerprint density at radius 3 is 1.43 bits per heavy atom. The Balaban J connectivity index is 1.62. The van der Waals surface area contributed by atoms with E-state index < -0.39 is 160 Å². The molecule has 304 valence electrons. The highest BCUT2D eigenvalue weighted by molar-refractivity contribution is 5.74. The van der Waals surface area contributed by atoms with Gasteiger partial charge in [0.2, 0.25) is 11.8 Å². The van der Waals surface area contributed by atoms with Crippen molar-refractivity contribution in [3.05, 3.63) is 0 Å². The number of nitrogens with one attached hydrogen (secondary N) is 2. The average molecular weight is 777 g/mol. The lowest BCUT2D eigenvalue weighted by atomic mass is 9.94. The largest absolute Gasteiger partial charge is 0.479 e. The van der Waals surface area contributed by atoms with Gasteiger partial charge in [0.25, 0.3) is 0 Å². The van der Waals surface area contributed by atoms with Crippen LogP contribution in [0, 0.1) is 0 Å². The molecule has 53 heavy (non-hydrogen) atoms. The molecule has 0 aromatic rings. The summed E-state index contributed by atoms with van der Waals surface area (Å²) in [4.78, 5) is 48.2. The number of carboxylic acids is 2. The Hall–Kier alpha value is -2.80. The van der Waals surface area contributed by atoms with Crippen molar-refractivity contribution in [3.8, 4) is 0 Å². The Labute approximate surface area is 298 Å². The number of rotatable bonds is 12. The SMILES string of the molecule is CC(=O)N[C@@H]1C(O[C@@H]2O[C@H](C(=O)O)[C@@H](O)[C@H](O)[C@H]2O)[C@H](O)[C@@H](CO)O[C@H]1O[C@H]1[C@H](O)[C@@H](O)[C@H](OC2[C@@H](NC(C)=O)[C@H](O)O[C@H](CO)[C@H]2O)O[C@@H]1C(=O)O. The molecule has 0 saturated carbocycles. The van der Waals surface area contributed by atoms with Crippen LogP contribution in [0.5, 0.6) is 0 Å². The molecule has 0 spiro atoms. The molecule has 4 saturated heterocycles. The standard InChI is InChI=1S/C28H44N2O23/c1-5(33)29-9-18(11(35)7(3-31)47-25(9)46)49-28-17(41)15(39)20(22(53-28)24(44)45)51-26-10(30-6(2)34)19(12(36)8(4-32)48-26)50-27-16(40)13(37)14(38)21(52-27)23(42)43/h7-22,25-28,31-32,35-41,46H,3-4H2,1-2H3,(H,29,33)(H,30,34)(H,42,43)(H,44,45)/t7-,8-,9-,10-,11-,12-,13+,14+,15-,16-,17-,18?,19?,20+,21+,22+,25-,26+,27-,28-/m1/s1. The van der Waals surface area contributed by atoms with Gasteiger partial charge in [-0.05, 0) is 0 Å². The number of aliphatic carboxylic acids is 2. The molecule has 2 amide bonds. The van der Waals surface area contributed by atoms with Gasteiger partial charge in [0.1, 0.15) is 85.3 Å². The van der Waals surface area contributed by atoms with Gasteiger partial charge in [0.05, 0.1) is 13.2 Å². The smallest absolute Gasteiger partial charge is 0.335 e. The molecule has 4 fully saturated rings. The first-order chi connectivity index (χ1) is 24.8. The second-order valence-corrected chi connectivity index (χ2v) is 12.7. The normalized spacial score (nSPS) is 46.3. The number of amides is 2. The van der Waals surface area contributed by atoms with Gasteiger partial charge in [0.15, 0.2) is 37.4 Å². The first-order valence-electron chi connectivity index (χ1n) is 16.1. The zero-order valence-corrected chi connectivity index (χ0v) is 27.8. The molecule has 4 aliphatic rings. The minimum Gasteiger partial charge on any atom is -0.479 e. The summed E-state index contributed by atoms with van der Waals surface area (Å²) in [5.74, 6) is -5.28. The zero-order chi connectivity index (χ0) is 39.6. The summed E-state index contributed by atoms with van der Waals surface area (Å²) in [7, 11) is 0. The van der Waals surface area contributed by atoms with Crippen molar-refractivity contribution >= 4 is 23.8 Å². The van der Waals surface area contributed by atoms with Gasteiger partial charge in [-0.2, -0.15) is 0 Å². The number of hydrogen-bond donors (Lipinski definition) is 14. The summed E-state index contributed by atoms with van der Waals surface area (Å²) in [5.41, 5.74) is 0. The summed E-state index contributed by atoms with van der Waals surface area (Å²) in [6, 6.07) is -3.38. The van der Waals surface area contributed by atoms with Gasteiger partial charge in [0, 0.05) is 13.8 Å². The van der Waals surface area contributed by atoms with Crippen LogP contribution in [0.4, 0.5) is 0 Å². The molecule has 0 radical (unpaired) electrons. The number of ether oxygens (including phenoxy) is 7. The van der Waals surface area contributed by atoms with Crippen molar-refractivity contribution < 1.29 is 114 Å². The number of aliphatic hydroxyl groups excluding tert-OH is 10. The molecule has 4 aliphatic heterocycles. The van der Waals surface area contributed by atoms with E-state index in [-0.39, 0.29) is 0 Å². The lowest BCUT2D eigenvalue weighted by Gasteiger charge is -2.49. The molecule has 0 aromatic heterocycles. The van der Waals surface area contributed by atoms with Crippen molar-refractivity contribution in [1.29, 1.82) is 0 Å². The molecular formula is C28H44N2O23. The van der Waals surface area contributed by atoms with E-state index in [2.05, 4.69) is 10.6 Å². The molecule has 4 heterocycles. The second kappa shape index (κ2) is 17.8. The van der Waals surface area contributed by atoms with Crippen LogP contribution in [0.15, 0.2) is 0 Å². The topological polar surface area (TPSA) is 400 Å². The van der Waals surface area contributed by atoms with Gasteiger partial charge >= 0.3 is 11.9 Å². The summed E-state index contributed by atoms with van der Waals surface area (Å²) in [6.07, 6.45) is -36.5. The first-order valence-corrected chi connectivity index (χ1v) is 16.1. The minimum absolute atomic E-state index is 0.752. The van der Waals surface area contributed by atoms with Gasteiger partial charge in [-0.25, -0.2) is 9.59 Å². The van der Waals surface area contributed by atoms with E-state index in [1.165, 1.54) is 0 Å². The van der Waals surface area contributed by atoms with Crippen LogP contribution in [-0.2, 0) is 52.3 Å². The van der Waals surface area contributed by atoms with Crippen molar-refractivity contribution in [2.45, 2.75) is 137 Å². The van der Waals surface area contributed by atoms with E-state index in [0.717, 1.165) is 13.8 Å². The molecule has 25 nitrogen and oxygen atoms in total. The van der Waals surface area contributed by atoms with Crippen LogP contribution < -0.4 is 10.6 Å². The molecule has 25 heteroatoms. The van der Waals surface area contributed by atoms with E-state index >= 15 is 0 Å². The third-order valence-electron chi connectivity index (χ3n) is 8.94. The number of hydrogen-bond acceptors (Lipinski definition) is 21. The number of aliphatic hydroxyl groups is 10. The Bertz CT molecular complexity index is 1300. The van der Waals surface area contributed by atoms with Gasteiger partial charge in [-0.15, -0.1) is 0 Å². The highest BCUT2D eigenvalue weighted by Crippen LogP contribution is 2.34. The maximum absolute atomic E-state index is 12.5. The molecular weight excluding hydrogens is 732 g/mol. The predicted octanol–water partition coefficient (Wildman–Crippen LogP) is -9.28. The second-order valence-electron chi connectivity index (χ2n) is 12.7. The number of carboxylic acid groups (broad SMARTS) is 2. The minimum atomic E-state index is -2.30. The lowest BCUT2D eigenvalue weighted by molar-refractivity contribution is -0.368. The zero-order valence-electron chi connectivity index (χ0n) is 27.8. The number of carbonyl (C=O) groups is 4. The lowest BCUT2D eigenvalue weighted by Crippen LogP contribution is -2.70. The van der Waals surface area contributed by atoms with Gasteiger partial charge < -0.3 is 105 Å². The maximum Gasteiger partial charge on any atom is 0.335 e. The highest BCUT2D eigenvalue weighted by Gasteiger charge is 2.57. The molecule has 14 N–H and O–H groups in total. The fraction of sp³-hybridized carbons (Fsp3) is 0.857. The first kappa shape index (κ1) is 42.9. The highest BCUT2D eigenvalue weighted by atomic mass is 16.8. The Kier molecular flexibility index (Phi) is 14.4. The predicted molar refractivity (Wildman–Crippen MR) is 158 cm³/mol. The van der Waals surface area contributed by atoms with Crippen LogP contribution in [0.1, 0.15) is 13.8 Å². The van der Waals surface area contributed by atoms with E-state index in [1.807, 2.05) is 0 Å². The average Bonchev–Trinajstić information content (AvgIpc) is 3.08. The summed E-state index contributed by atoms with van der Waals surface area (Å²) in [6.45, 7) is 0.116. The third kappa shape index (κ3) is 9.19. The van der Waals surface area contributed by atoms with Crippen LogP contribution in [-0.4, -0.2) is 221 Å². The van der Waals surface area contributed by atoms with Gasteiger partial charge in [-0.3, -0.25) is 9.59 Å². The fourth-order valence-electron chi connectivity index (χ4n) is 6.30. The maximum atomic E-state index is 12.5. The van der Waals surface area contributed by atoms with Gasteiger partial charge in [-0.1, -0.05) is 0 Å². The molecule has 0 aromatic carbocycles.